The summed E-state index contributed by atoms with van der Waals surface area (Å²) in [6, 6.07) is 4.04. The topological polar surface area (TPSA) is 75.5 Å². The van der Waals surface area contributed by atoms with Crippen LogP contribution in [0.1, 0.15) is 18.4 Å². The number of amides is 1. The van der Waals surface area contributed by atoms with Gasteiger partial charge in [-0.3, -0.25) is 14.9 Å². The predicted octanol–water partition coefficient (Wildman–Crippen LogP) is 3.12. The van der Waals surface area contributed by atoms with Crippen molar-refractivity contribution < 1.29 is 22.9 Å². The molecule has 0 radical (unpaired) electrons. The molecule has 0 atom stereocenters. The van der Waals surface area contributed by atoms with Gasteiger partial charge in [0.1, 0.15) is 0 Å². The number of anilines is 1. The third kappa shape index (κ3) is 7.09. The highest BCUT2D eigenvalue weighted by Gasteiger charge is 2.27. The van der Waals surface area contributed by atoms with Gasteiger partial charge >= 0.3 is 6.18 Å². The minimum Gasteiger partial charge on any atom is -0.326 e. The molecule has 0 heterocycles. The summed E-state index contributed by atoms with van der Waals surface area (Å²) in [6.45, 7) is 1.64. The summed E-state index contributed by atoms with van der Waals surface area (Å²) in [7, 11) is 1.51. The number of rotatable bonds is 7. The van der Waals surface area contributed by atoms with Crippen LogP contribution in [0.4, 0.5) is 24.5 Å². The van der Waals surface area contributed by atoms with Crippen LogP contribution >= 0.6 is 0 Å². The Morgan fingerprint density at radius 3 is 2.52 bits per heavy atom. The highest BCUT2D eigenvalue weighted by atomic mass is 19.4. The second-order valence-electron chi connectivity index (χ2n) is 5.22. The fourth-order valence-corrected chi connectivity index (χ4v) is 1.84. The Bertz CT molecular complexity index is 576. The summed E-state index contributed by atoms with van der Waals surface area (Å²) in [5.41, 5.74) is 0.906. The van der Waals surface area contributed by atoms with E-state index in [1.54, 1.807) is 6.92 Å². The average molecular weight is 333 g/mol. The number of aryl methyl sites for hydroxylation is 1. The van der Waals surface area contributed by atoms with Crippen LogP contribution in [0.2, 0.25) is 0 Å². The van der Waals surface area contributed by atoms with Crippen LogP contribution in [0.25, 0.3) is 0 Å². The predicted molar refractivity (Wildman–Crippen MR) is 79.2 cm³/mol. The summed E-state index contributed by atoms with van der Waals surface area (Å²) in [6.07, 6.45) is -5.11. The van der Waals surface area contributed by atoms with Gasteiger partial charge in [-0.2, -0.15) is 13.2 Å². The molecular formula is C14H18F3N3O3. The van der Waals surface area contributed by atoms with Crippen molar-refractivity contribution in [2.24, 2.45) is 0 Å². The number of hydrogen-bond acceptors (Lipinski definition) is 4. The zero-order valence-electron chi connectivity index (χ0n) is 12.8. The van der Waals surface area contributed by atoms with Crippen molar-refractivity contribution in [3.05, 3.63) is 33.9 Å². The van der Waals surface area contributed by atoms with E-state index in [1.165, 1.54) is 30.1 Å². The second-order valence-corrected chi connectivity index (χ2v) is 5.22. The molecule has 1 amide bonds. The Hall–Kier alpha value is -2.16. The van der Waals surface area contributed by atoms with Crippen molar-refractivity contribution in [3.63, 3.8) is 0 Å². The van der Waals surface area contributed by atoms with Crippen molar-refractivity contribution in [2.45, 2.75) is 25.9 Å². The first-order valence-corrected chi connectivity index (χ1v) is 6.88. The minimum absolute atomic E-state index is 0.0325. The first-order chi connectivity index (χ1) is 10.6. The lowest BCUT2D eigenvalue weighted by Gasteiger charge is -2.17. The van der Waals surface area contributed by atoms with Gasteiger partial charge in [0.25, 0.3) is 5.69 Å². The number of nitro groups is 1. The zero-order valence-corrected chi connectivity index (χ0v) is 12.8. The first-order valence-electron chi connectivity index (χ1n) is 6.88. The van der Waals surface area contributed by atoms with Gasteiger partial charge in [0.15, 0.2) is 0 Å². The maximum atomic E-state index is 12.1. The van der Waals surface area contributed by atoms with E-state index < -0.39 is 17.5 Å². The molecule has 0 spiro atoms. The quantitative estimate of drug-likeness (QED) is 0.614. The van der Waals surface area contributed by atoms with Gasteiger partial charge in [0, 0.05) is 37.3 Å². The highest BCUT2D eigenvalue weighted by Crippen LogP contribution is 2.21. The van der Waals surface area contributed by atoms with E-state index in [4.69, 9.17) is 0 Å². The van der Waals surface area contributed by atoms with E-state index in [2.05, 4.69) is 5.32 Å². The normalized spacial score (nSPS) is 11.6. The standard InChI is InChI=1S/C14H18F3N3O3/c1-10-9-11(20(22)23)3-4-12(10)18-13(21)5-7-19(2)8-6-14(15,16)17/h3-4,9H,5-8H2,1-2H3,(H,18,21). The Morgan fingerprint density at radius 1 is 1.35 bits per heavy atom. The zero-order chi connectivity index (χ0) is 17.6. The number of benzene rings is 1. The Labute approximate surface area is 131 Å². The molecule has 0 aliphatic heterocycles. The maximum absolute atomic E-state index is 12.1. The van der Waals surface area contributed by atoms with Crippen molar-refractivity contribution in [1.82, 2.24) is 4.90 Å². The van der Waals surface area contributed by atoms with Crippen LogP contribution in [0.3, 0.4) is 0 Å². The first kappa shape index (κ1) is 18.9. The molecule has 0 aliphatic rings. The summed E-state index contributed by atoms with van der Waals surface area (Å²) in [5, 5.41) is 13.2. The fraction of sp³-hybridized carbons (Fsp3) is 0.500. The largest absolute Gasteiger partial charge is 0.390 e. The average Bonchev–Trinajstić information content (AvgIpc) is 2.44. The van der Waals surface area contributed by atoms with Crippen LogP contribution in [0, 0.1) is 17.0 Å². The van der Waals surface area contributed by atoms with Crippen LogP contribution in [0.5, 0.6) is 0 Å². The molecule has 0 bridgehead atoms. The molecule has 1 aromatic carbocycles. The Balaban J connectivity index is 2.46. The smallest absolute Gasteiger partial charge is 0.326 e. The molecule has 23 heavy (non-hydrogen) atoms. The van der Waals surface area contributed by atoms with Crippen molar-refractivity contribution in [1.29, 1.82) is 0 Å². The monoisotopic (exact) mass is 333 g/mol. The van der Waals surface area contributed by atoms with E-state index in [1.807, 2.05) is 0 Å². The molecule has 0 aliphatic carbocycles. The third-order valence-corrected chi connectivity index (χ3v) is 3.19. The lowest BCUT2D eigenvalue weighted by atomic mass is 10.1. The van der Waals surface area contributed by atoms with Crippen LogP contribution in [0.15, 0.2) is 18.2 Å². The lowest BCUT2D eigenvalue weighted by molar-refractivity contribution is -0.384. The van der Waals surface area contributed by atoms with E-state index in [0.29, 0.717) is 11.3 Å². The molecule has 1 rings (SSSR count). The number of carbonyl (C=O) groups is 1. The summed E-state index contributed by atoms with van der Waals surface area (Å²) < 4.78 is 36.2. The molecule has 6 nitrogen and oxygen atoms in total. The number of nitro benzene ring substituents is 1. The molecule has 0 fully saturated rings. The molecule has 1 aromatic rings. The molecule has 9 heteroatoms. The molecule has 128 valence electrons. The molecule has 0 unspecified atom stereocenters. The molecule has 0 saturated carbocycles. The Morgan fingerprint density at radius 2 is 2.00 bits per heavy atom. The number of hydrogen-bond donors (Lipinski definition) is 1. The summed E-state index contributed by atoms with van der Waals surface area (Å²) >= 11 is 0. The number of halogens is 3. The lowest BCUT2D eigenvalue weighted by Crippen LogP contribution is -2.28. The van der Waals surface area contributed by atoms with Crippen LogP contribution in [-0.2, 0) is 4.79 Å². The third-order valence-electron chi connectivity index (χ3n) is 3.19. The van der Waals surface area contributed by atoms with Gasteiger partial charge in [-0.1, -0.05) is 0 Å². The van der Waals surface area contributed by atoms with Gasteiger partial charge in [-0.25, -0.2) is 0 Å². The van der Waals surface area contributed by atoms with E-state index in [-0.39, 0.29) is 31.1 Å². The molecule has 0 saturated heterocycles. The number of alkyl halides is 3. The van der Waals surface area contributed by atoms with Gasteiger partial charge in [0.2, 0.25) is 5.91 Å². The minimum atomic E-state index is -4.22. The van der Waals surface area contributed by atoms with Crippen LogP contribution in [-0.4, -0.2) is 42.0 Å². The molecule has 0 aromatic heterocycles. The van der Waals surface area contributed by atoms with Crippen molar-refractivity contribution in [3.8, 4) is 0 Å². The van der Waals surface area contributed by atoms with Gasteiger partial charge in [0.05, 0.1) is 11.3 Å². The number of nitrogens with zero attached hydrogens (tertiary/aromatic N) is 2. The molecular weight excluding hydrogens is 315 g/mol. The number of carbonyl (C=O) groups excluding carboxylic acids is 1. The highest BCUT2D eigenvalue weighted by molar-refractivity contribution is 5.91. The van der Waals surface area contributed by atoms with Crippen molar-refractivity contribution in [2.75, 3.05) is 25.5 Å². The van der Waals surface area contributed by atoms with E-state index >= 15 is 0 Å². The number of non-ortho nitro benzene ring substituents is 1. The van der Waals surface area contributed by atoms with Crippen molar-refractivity contribution >= 4 is 17.3 Å². The van der Waals surface area contributed by atoms with Gasteiger partial charge < -0.3 is 10.2 Å². The van der Waals surface area contributed by atoms with E-state index in [9.17, 15) is 28.1 Å². The number of nitrogens with one attached hydrogen (secondary N) is 1. The van der Waals surface area contributed by atoms with E-state index in [0.717, 1.165) is 0 Å². The Kier molecular flexibility index (Phi) is 6.49. The van der Waals surface area contributed by atoms with Crippen LogP contribution < -0.4 is 5.32 Å². The van der Waals surface area contributed by atoms with Gasteiger partial charge in [-0.05, 0) is 25.6 Å². The summed E-state index contributed by atoms with van der Waals surface area (Å²) in [5.74, 6) is -0.360. The molecule has 1 N–H and O–H groups in total. The SMILES string of the molecule is Cc1cc([N+](=O)[O-])ccc1NC(=O)CCN(C)CCC(F)(F)F. The van der Waals surface area contributed by atoms with Gasteiger partial charge in [-0.15, -0.1) is 0 Å². The fourth-order valence-electron chi connectivity index (χ4n) is 1.84. The second kappa shape index (κ2) is 7.91. The maximum Gasteiger partial charge on any atom is 0.390 e. The summed E-state index contributed by atoms with van der Waals surface area (Å²) in [4.78, 5) is 23.3.